The van der Waals surface area contributed by atoms with E-state index in [1.165, 1.54) is 11.3 Å². The molecular formula is C11H12N2O2S. The highest BCUT2D eigenvalue weighted by Crippen LogP contribution is 2.25. The molecule has 4 nitrogen and oxygen atoms in total. The van der Waals surface area contributed by atoms with Gasteiger partial charge >= 0.3 is 5.97 Å². The first-order valence-corrected chi connectivity index (χ1v) is 5.75. The van der Waals surface area contributed by atoms with Crippen molar-refractivity contribution in [3.05, 3.63) is 23.8 Å². The molecule has 0 aliphatic rings. The molecule has 1 heterocycles. The fourth-order valence-electron chi connectivity index (χ4n) is 1.56. The first-order valence-electron chi connectivity index (χ1n) is 4.94. The number of nitrogens with two attached hydrogens (primary N) is 1. The lowest BCUT2D eigenvalue weighted by molar-refractivity contribution is -0.141. The Kier molecular flexibility index (Phi) is 2.78. The predicted molar refractivity (Wildman–Crippen MR) is 64.5 cm³/mol. The molecule has 0 aliphatic heterocycles. The van der Waals surface area contributed by atoms with Crippen molar-refractivity contribution in [2.45, 2.75) is 13.3 Å². The lowest BCUT2D eigenvalue weighted by atomic mass is 10.0. The Bertz CT molecular complexity index is 536. The highest BCUT2D eigenvalue weighted by molar-refractivity contribution is 7.22. The van der Waals surface area contributed by atoms with Gasteiger partial charge in [0, 0.05) is 0 Å². The van der Waals surface area contributed by atoms with E-state index in [9.17, 15) is 4.79 Å². The summed E-state index contributed by atoms with van der Waals surface area (Å²) in [4.78, 5) is 14.9. The standard InChI is InChI=1S/C11H12N2O2S/c1-6(10(14)15)4-7-2-3-9-8(5-7)13-11(12)16-9/h2-3,5-6H,4H2,1H3,(H2,12,13)(H,14,15). The molecule has 0 aliphatic carbocycles. The second kappa shape index (κ2) is 4.09. The van der Waals surface area contributed by atoms with Gasteiger partial charge in [0.05, 0.1) is 16.1 Å². The number of nitrogens with zero attached hydrogens (tertiary/aromatic N) is 1. The minimum Gasteiger partial charge on any atom is -0.481 e. The maximum atomic E-state index is 10.7. The van der Waals surface area contributed by atoms with Crippen LogP contribution in [0.5, 0.6) is 0 Å². The summed E-state index contributed by atoms with van der Waals surface area (Å²) < 4.78 is 1.03. The van der Waals surface area contributed by atoms with Gasteiger partial charge in [0.15, 0.2) is 5.13 Å². The van der Waals surface area contributed by atoms with Gasteiger partial charge in [-0.1, -0.05) is 24.3 Å². The molecule has 0 amide bonds. The van der Waals surface area contributed by atoms with E-state index in [-0.39, 0.29) is 5.92 Å². The van der Waals surface area contributed by atoms with Crippen LogP contribution in [0, 0.1) is 5.92 Å². The summed E-state index contributed by atoms with van der Waals surface area (Å²) in [5.41, 5.74) is 7.43. The third-order valence-corrected chi connectivity index (χ3v) is 3.30. The minimum atomic E-state index is -0.780. The number of carboxylic acid groups (broad SMARTS) is 1. The first-order chi connectivity index (χ1) is 7.56. The number of benzene rings is 1. The van der Waals surface area contributed by atoms with E-state index in [1.807, 2.05) is 18.2 Å². The van der Waals surface area contributed by atoms with Crippen molar-refractivity contribution >= 4 is 32.7 Å². The van der Waals surface area contributed by atoms with Crippen LogP contribution in [0.3, 0.4) is 0 Å². The molecule has 16 heavy (non-hydrogen) atoms. The molecule has 0 radical (unpaired) electrons. The van der Waals surface area contributed by atoms with E-state index in [0.717, 1.165) is 15.8 Å². The Morgan fingerprint density at radius 3 is 3.06 bits per heavy atom. The number of carbonyl (C=O) groups is 1. The normalized spacial score (nSPS) is 12.8. The van der Waals surface area contributed by atoms with E-state index in [2.05, 4.69) is 4.98 Å². The number of aromatic nitrogens is 1. The van der Waals surface area contributed by atoms with Crippen molar-refractivity contribution < 1.29 is 9.90 Å². The maximum Gasteiger partial charge on any atom is 0.306 e. The van der Waals surface area contributed by atoms with Gasteiger partial charge < -0.3 is 10.8 Å². The van der Waals surface area contributed by atoms with Gasteiger partial charge in [0.25, 0.3) is 0 Å². The van der Waals surface area contributed by atoms with E-state index in [1.54, 1.807) is 6.92 Å². The molecule has 1 aromatic carbocycles. The molecule has 1 atom stereocenters. The van der Waals surface area contributed by atoms with Crippen LogP contribution < -0.4 is 5.73 Å². The molecule has 0 fully saturated rings. The van der Waals surface area contributed by atoms with Gasteiger partial charge in [-0.2, -0.15) is 0 Å². The molecule has 2 aromatic rings. The maximum absolute atomic E-state index is 10.7. The second-order valence-electron chi connectivity index (χ2n) is 3.80. The first kappa shape index (κ1) is 10.9. The summed E-state index contributed by atoms with van der Waals surface area (Å²) in [6, 6.07) is 5.77. The number of hydrogen-bond donors (Lipinski definition) is 2. The lowest BCUT2D eigenvalue weighted by Crippen LogP contribution is -2.12. The van der Waals surface area contributed by atoms with Crippen LogP contribution in [-0.4, -0.2) is 16.1 Å². The van der Waals surface area contributed by atoms with E-state index in [4.69, 9.17) is 10.8 Å². The zero-order valence-electron chi connectivity index (χ0n) is 8.80. The fourth-order valence-corrected chi connectivity index (χ4v) is 2.27. The Morgan fingerprint density at radius 1 is 1.62 bits per heavy atom. The fraction of sp³-hybridized carbons (Fsp3) is 0.273. The van der Waals surface area contributed by atoms with Crippen LogP contribution in [0.1, 0.15) is 12.5 Å². The minimum absolute atomic E-state index is 0.381. The number of carboxylic acids is 1. The van der Waals surface area contributed by atoms with Gasteiger partial charge in [-0.15, -0.1) is 0 Å². The van der Waals surface area contributed by atoms with Crippen LogP contribution in [0.25, 0.3) is 10.2 Å². The third-order valence-electron chi connectivity index (χ3n) is 2.43. The number of rotatable bonds is 3. The zero-order chi connectivity index (χ0) is 11.7. The molecule has 2 rings (SSSR count). The summed E-state index contributed by atoms with van der Waals surface area (Å²) in [5.74, 6) is -1.16. The number of hydrogen-bond acceptors (Lipinski definition) is 4. The van der Waals surface area contributed by atoms with Crippen LogP contribution in [0.2, 0.25) is 0 Å². The van der Waals surface area contributed by atoms with Gasteiger partial charge in [-0.3, -0.25) is 4.79 Å². The van der Waals surface area contributed by atoms with E-state index in [0.29, 0.717) is 11.6 Å². The average molecular weight is 236 g/mol. The Labute approximate surface area is 96.7 Å². The summed E-state index contributed by atoms with van der Waals surface area (Å²) in [6.45, 7) is 1.70. The summed E-state index contributed by atoms with van der Waals surface area (Å²) in [6.07, 6.45) is 0.517. The quantitative estimate of drug-likeness (QED) is 0.856. The molecule has 0 saturated heterocycles. The summed E-state index contributed by atoms with van der Waals surface area (Å²) >= 11 is 1.44. The number of nitrogen functional groups attached to an aromatic ring is 1. The third kappa shape index (κ3) is 2.14. The number of aliphatic carboxylic acids is 1. The van der Waals surface area contributed by atoms with Crippen molar-refractivity contribution in [1.82, 2.24) is 4.98 Å². The largest absolute Gasteiger partial charge is 0.481 e. The van der Waals surface area contributed by atoms with Crippen LogP contribution in [-0.2, 0) is 11.2 Å². The van der Waals surface area contributed by atoms with Crippen molar-refractivity contribution in [1.29, 1.82) is 0 Å². The number of anilines is 1. The van der Waals surface area contributed by atoms with Crippen molar-refractivity contribution in [2.24, 2.45) is 5.92 Å². The van der Waals surface area contributed by atoms with Crippen molar-refractivity contribution in [2.75, 3.05) is 5.73 Å². The van der Waals surface area contributed by atoms with Gasteiger partial charge in [0.1, 0.15) is 0 Å². The lowest BCUT2D eigenvalue weighted by Gasteiger charge is -2.05. The second-order valence-corrected chi connectivity index (χ2v) is 4.86. The molecule has 0 bridgehead atoms. The zero-order valence-corrected chi connectivity index (χ0v) is 9.62. The monoisotopic (exact) mass is 236 g/mol. The highest BCUT2D eigenvalue weighted by Gasteiger charge is 2.12. The smallest absolute Gasteiger partial charge is 0.306 e. The van der Waals surface area contributed by atoms with Crippen molar-refractivity contribution in [3.8, 4) is 0 Å². The van der Waals surface area contributed by atoms with Gasteiger partial charge in [0.2, 0.25) is 0 Å². The summed E-state index contributed by atoms with van der Waals surface area (Å²) in [7, 11) is 0. The van der Waals surface area contributed by atoms with E-state index >= 15 is 0 Å². The van der Waals surface area contributed by atoms with Gasteiger partial charge in [-0.05, 0) is 24.1 Å². The Balaban J connectivity index is 2.28. The molecule has 3 N–H and O–H groups in total. The molecule has 84 valence electrons. The molecular weight excluding hydrogens is 224 g/mol. The molecule has 0 spiro atoms. The summed E-state index contributed by atoms with van der Waals surface area (Å²) in [5, 5.41) is 9.37. The van der Waals surface area contributed by atoms with E-state index < -0.39 is 5.97 Å². The number of thiazole rings is 1. The van der Waals surface area contributed by atoms with Crippen molar-refractivity contribution in [3.63, 3.8) is 0 Å². The number of fused-ring (bicyclic) bond motifs is 1. The van der Waals surface area contributed by atoms with Crippen LogP contribution >= 0.6 is 11.3 Å². The molecule has 5 heteroatoms. The SMILES string of the molecule is CC(Cc1ccc2sc(N)nc2c1)C(=O)O. The van der Waals surface area contributed by atoms with Gasteiger partial charge in [-0.25, -0.2) is 4.98 Å². The molecule has 1 aromatic heterocycles. The Hall–Kier alpha value is -1.62. The predicted octanol–water partition coefficient (Wildman–Crippen LogP) is 2.14. The highest BCUT2D eigenvalue weighted by atomic mass is 32.1. The van der Waals surface area contributed by atoms with Crippen LogP contribution in [0.4, 0.5) is 5.13 Å². The molecule has 1 unspecified atom stereocenters. The Morgan fingerprint density at radius 2 is 2.38 bits per heavy atom. The molecule has 0 saturated carbocycles. The topological polar surface area (TPSA) is 76.2 Å². The average Bonchev–Trinajstić information content (AvgIpc) is 2.57. The van der Waals surface area contributed by atoms with Crippen LogP contribution in [0.15, 0.2) is 18.2 Å².